The van der Waals surface area contributed by atoms with Crippen molar-refractivity contribution in [1.82, 2.24) is 5.32 Å². The van der Waals surface area contributed by atoms with Crippen LogP contribution in [-0.4, -0.2) is 87.5 Å². The first-order chi connectivity index (χ1) is 28.3. The predicted molar refractivity (Wildman–Crippen MR) is 240 cm³/mol. The molecule has 1 fully saturated rings. The van der Waals surface area contributed by atoms with Gasteiger partial charge in [-0.2, -0.15) is 0 Å². The quantitative estimate of drug-likeness (QED) is 0.0264. The van der Waals surface area contributed by atoms with Gasteiger partial charge in [0.1, 0.15) is 24.4 Å². The summed E-state index contributed by atoms with van der Waals surface area (Å²) in [6.45, 7) is 3.82. The fourth-order valence-electron chi connectivity index (χ4n) is 7.80. The molecule has 0 aromatic rings. The lowest BCUT2D eigenvalue weighted by atomic mass is 9.99. The Labute approximate surface area is 356 Å². The molecule has 1 heterocycles. The monoisotopic (exact) mass is 824 g/mol. The van der Waals surface area contributed by atoms with E-state index < -0.39 is 49.5 Å². The third-order valence-corrected chi connectivity index (χ3v) is 11.8. The minimum absolute atomic E-state index is 0.148. The molecule has 1 saturated heterocycles. The third-order valence-electron chi connectivity index (χ3n) is 11.8. The molecule has 58 heavy (non-hydrogen) atoms. The minimum Gasteiger partial charge on any atom is -0.394 e. The number of unbranched alkanes of at least 4 members (excludes halogenated alkanes) is 27. The Morgan fingerprint density at radius 3 is 1.40 bits per heavy atom. The summed E-state index contributed by atoms with van der Waals surface area (Å²) in [5, 5.41) is 54.4. The van der Waals surface area contributed by atoms with E-state index in [1.54, 1.807) is 0 Å². The van der Waals surface area contributed by atoms with Gasteiger partial charge in [0.15, 0.2) is 6.29 Å². The Morgan fingerprint density at radius 2 is 0.966 bits per heavy atom. The number of rotatable bonds is 41. The number of carbonyl (C=O) groups is 1. The second-order valence-electron chi connectivity index (χ2n) is 17.2. The zero-order valence-corrected chi connectivity index (χ0v) is 37.6. The Balaban J connectivity index is 2.28. The van der Waals surface area contributed by atoms with E-state index in [2.05, 4.69) is 43.5 Å². The first-order valence-electron chi connectivity index (χ1n) is 24.5. The summed E-state index contributed by atoms with van der Waals surface area (Å²) in [4.78, 5) is 13.0. The maximum Gasteiger partial charge on any atom is 0.220 e. The average molecular weight is 824 g/mol. The van der Waals surface area contributed by atoms with Crippen molar-refractivity contribution in [3.63, 3.8) is 0 Å². The van der Waals surface area contributed by atoms with Crippen molar-refractivity contribution >= 4 is 5.91 Å². The van der Waals surface area contributed by atoms with Crippen LogP contribution in [0, 0.1) is 0 Å². The first-order valence-corrected chi connectivity index (χ1v) is 24.5. The minimum atomic E-state index is -1.56. The van der Waals surface area contributed by atoms with Gasteiger partial charge in [-0.25, -0.2) is 0 Å². The summed E-state index contributed by atoms with van der Waals surface area (Å²) in [5.74, 6) is -0.154. The van der Waals surface area contributed by atoms with Gasteiger partial charge in [-0.05, 0) is 64.2 Å². The molecule has 1 aliphatic rings. The number of nitrogens with one attached hydrogen (secondary N) is 1. The lowest BCUT2D eigenvalue weighted by Crippen LogP contribution is -2.60. The zero-order chi connectivity index (χ0) is 42.3. The summed E-state index contributed by atoms with van der Waals surface area (Å²) in [6.07, 6.45) is 40.5. The first kappa shape index (κ1) is 54.7. The second kappa shape index (κ2) is 39.8. The number of aliphatic hydroxyl groups is 5. The highest BCUT2D eigenvalue weighted by Gasteiger charge is 2.44. The molecular weight excluding hydrogens is 731 g/mol. The molecule has 0 saturated carbocycles. The number of aliphatic hydroxyl groups excluding tert-OH is 5. The Bertz CT molecular complexity index is 961. The van der Waals surface area contributed by atoms with Crippen molar-refractivity contribution < 1.29 is 39.8 Å². The van der Waals surface area contributed by atoms with E-state index in [4.69, 9.17) is 9.47 Å². The fraction of sp³-hybridized carbons (Fsp3) is 0.898. The van der Waals surface area contributed by atoms with Gasteiger partial charge in [0, 0.05) is 6.42 Å². The van der Waals surface area contributed by atoms with E-state index >= 15 is 0 Å². The largest absolute Gasteiger partial charge is 0.394 e. The fourth-order valence-corrected chi connectivity index (χ4v) is 7.80. The molecule has 9 nitrogen and oxygen atoms in total. The van der Waals surface area contributed by atoms with Crippen LogP contribution in [0.1, 0.15) is 226 Å². The highest BCUT2D eigenvalue weighted by molar-refractivity contribution is 5.76. The van der Waals surface area contributed by atoms with E-state index in [1.165, 1.54) is 154 Å². The molecule has 1 aliphatic heterocycles. The van der Waals surface area contributed by atoms with E-state index in [-0.39, 0.29) is 12.5 Å². The maximum atomic E-state index is 13.0. The van der Waals surface area contributed by atoms with Crippen molar-refractivity contribution in [2.45, 2.75) is 269 Å². The predicted octanol–water partition coefficient (Wildman–Crippen LogP) is 10.7. The number of carbonyl (C=O) groups excluding carboxylic acids is 1. The van der Waals surface area contributed by atoms with Crippen molar-refractivity contribution in [2.24, 2.45) is 0 Å². The SMILES string of the molecule is CCCCCCCC/C=C/CCCCCCCCCCCCCC(=O)N[C@@H](CO[C@H]1O[C@@H](CO)[C@H](O)C(O)C1O)[C@H](O)CCCC/C=C/CCCCCCCCCC. The Kier molecular flexibility index (Phi) is 37.5. The normalized spacial score (nSPS) is 21.0. The third kappa shape index (κ3) is 29.8. The molecule has 342 valence electrons. The number of hydrogen-bond donors (Lipinski definition) is 6. The summed E-state index contributed by atoms with van der Waals surface area (Å²) in [5.41, 5.74) is 0. The standard InChI is InChI=1S/C49H93NO8/c1-3-5-7-9-11-13-15-17-19-20-21-22-23-24-25-27-29-31-33-35-37-39-45(53)50-42(41-57-49-48(56)47(55)46(54)44(40-51)58-49)43(52)38-36-34-32-30-28-26-18-16-14-12-10-8-6-4-2/h17,19,28,30,42-44,46-49,51-52,54-56H,3-16,18,20-27,29,31-41H2,1-2H3,(H,50,53)/b19-17+,30-28+/t42-,43+,44-,46-,47?,48?,49-/m0/s1. The topological polar surface area (TPSA) is 149 Å². The molecule has 0 spiro atoms. The van der Waals surface area contributed by atoms with Crippen LogP contribution in [0.25, 0.3) is 0 Å². The number of ether oxygens (including phenoxy) is 2. The average Bonchev–Trinajstić information content (AvgIpc) is 3.22. The molecule has 0 radical (unpaired) electrons. The smallest absolute Gasteiger partial charge is 0.220 e. The van der Waals surface area contributed by atoms with Crippen molar-refractivity contribution in [1.29, 1.82) is 0 Å². The van der Waals surface area contributed by atoms with E-state index in [0.717, 1.165) is 44.9 Å². The molecule has 1 rings (SSSR count). The molecule has 1 amide bonds. The Morgan fingerprint density at radius 1 is 0.569 bits per heavy atom. The molecule has 0 aromatic heterocycles. The zero-order valence-electron chi connectivity index (χ0n) is 37.6. The van der Waals surface area contributed by atoms with Gasteiger partial charge in [0.05, 0.1) is 25.4 Å². The lowest BCUT2D eigenvalue weighted by Gasteiger charge is -2.40. The Hall–Kier alpha value is -1.33. The molecule has 7 atom stereocenters. The summed E-state index contributed by atoms with van der Waals surface area (Å²) in [7, 11) is 0. The lowest BCUT2D eigenvalue weighted by molar-refractivity contribution is -0.302. The molecule has 0 aromatic carbocycles. The van der Waals surface area contributed by atoms with Gasteiger partial charge >= 0.3 is 0 Å². The van der Waals surface area contributed by atoms with E-state index in [1.807, 2.05) is 0 Å². The van der Waals surface area contributed by atoms with Gasteiger partial charge < -0.3 is 40.3 Å². The van der Waals surface area contributed by atoms with Gasteiger partial charge in [-0.3, -0.25) is 4.79 Å². The number of hydrogen-bond acceptors (Lipinski definition) is 8. The van der Waals surface area contributed by atoms with Crippen LogP contribution in [0.5, 0.6) is 0 Å². The van der Waals surface area contributed by atoms with Gasteiger partial charge in [0.2, 0.25) is 5.91 Å². The van der Waals surface area contributed by atoms with Crippen LogP contribution >= 0.6 is 0 Å². The number of allylic oxidation sites excluding steroid dienone is 4. The van der Waals surface area contributed by atoms with Crippen LogP contribution in [0.4, 0.5) is 0 Å². The molecule has 0 aliphatic carbocycles. The van der Waals surface area contributed by atoms with Crippen molar-refractivity contribution in [2.75, 3.05) is 13.2 Å². The van der Waals surface area contributed by atoms with Crippen LogP contribution in [0.2, 0.25) is 0 Å². The molecule has 2 unspecified atom stereocenters. The van der Waals surface area contributed by atoms with Crippen LogP contribution in [0.15, 0.2) is 24.3 Å². The molecule has 9 heteroatoms. The van der Waals surface area contributed by atoms with Gasteiger partial charge in [0.25, 0.3) is 0 Å². The second-order valence-corrected chi connectivity index (χ2v) is 17.2. The van der Waals surface area contributed by atoms with Crippen molar-refractivity contribution in [3.8, 4) is 0 Å². The van der Waals surface area contributed by atoms with E-state index in [0.29, 0.717) is 12.8 Å². The highest BCUT2D eigenvalue weighted by atomic mass is 16.7. The van der Waals surface area contributed by atoms with Crippen LogP contribution in [-0.2, 0) is 14.3 Å². The van der Waals surface area contributed by atoms with Gasteiger partial charge in [-0.15, -0.1) is 0 Å². The summed E-state index contributed by atoms with van der Waals surface area (Å²) >= 11 is 0. The van der Waals surface area contributed by atoms with Crippen LogP contribution < -0.4 is 5.32 Å². The molecule has 6 N–H and O–H groups in total. The summed E-state index contributed by atoms with van der Waals surface area (Å²) in [6, 6.07) is -0.733. The highest BCUT2D eigenvalue weighted by Crippen LogP contribution is 2.23. The number of amides is 1. The van der Waals surface area contributed by atoms with Gasteiger partial charge in [-0.1, -0.05) is 179 Å². The van der Waals surface area contributed by atoms with E-state index in [9.17, 15) is 30.3 Å². The van der Waals surface area contributed by atoms with Crippen LogP contribution in [0.3, 0.4) is 0 Å². The molecule has 0 bridgehead atoms. The van der Waals surface area contributed by atoms with Crippen molar-refractivity contribution in [3.05, 3.63) is 24.3 Å². The molecular formula is C49H93NO8. The maximum absolute atomic E-state index is 13.0. The summed E-state index contributed by atoms with van der Waals surface area (Å²) < 4.78 is 11.3.